The first-order valence-corrected chi connectivity index (χ1v) is 6.87. The molecule has 0 spiro atoms. The fraction of sp³-hybridized carbons (Fsp3) is 0.250. The Morgan fingerprint density at radius 3 is 2.70 bits per heavy atom. The number of ether oxygens (including phenoxy) is 1. The molecular formula is C16H17ClFNO. The van der Waals surface area contributed by atoms with Crippen LogP contribution in [0.2, 0.25) is 5.02 Å². The molecule has 0 atom stereocenters. The molecule has 0 saturated carbocycles. The Kier molecular flexibility index (Phi) is 4.99. The molecule has 2 aromatic rings. The number of nitrogens with one attached hydrogen (secondary N) is 1. The molecule has 0 fully saturated rings. The number of hydrogen-bond donors (Lipinski definition) is 1. The molecule has 0 bridgehead atoms. The van der Waals surface area contributed by atoms with Gasteiger partial charge < -0.3 is 10.1 Å². The van der Waals surface area contributed by atoms with Gasteiger partial charge in [0.25, 0.3) is 0 Å². The third-order valence-corrected chi connectivity index (χ3v) is 2.98. The maximum Gasteiger partial charge on any atom is 0.132 e. The molecule has 2 rings (SSSR count). The number of hydrogen-bond acceptors (Lipinski definition) is 2. The highest BCUT2D eigenvalue weighted by Crippen LogP contribution is 2.28. The van der Waals surface area contributed by atoms with Gasteiger partial charge in [-0.3, -0.25) is 0 Å². The Morgan fingerprint density at radius 2 is 2.00 bits per heavy atom. The summed E-state index contributed by atoms with van der Waals surface area (Å²) in [5, 5.41) is 3.96. The van der Waals surface area contributed by atoms with Crippen LogP contribution in [0, 0.1) is 5.82 Å². The van der Waals surface area contributed by atoms with Crippen LogP contribution in [0.5, 0.6) is 11.5 Å². The summed E-state index contributed by atoms with van der Waals surface area (Å²) in [6.07, 6.45) is 0. The maximum atomic E-state index is 13.2. The minimum Gasteiger partial charge on any atom is -0.457 e. The standard InChI is InChI=1S/C16H17ClFNO/c1-11(2)19-10-12-8-13(17)6-7-16(12)20-15-5-3-4-14(18)9-15/h3-9,11,19H,10H2,1-2H3. The monoisotopic (exact) mass is 293 g/mol. The Morgan fingerprint density at radius 1 is 1.20 bits per heavy atom. The van der Waals surface area contributed by atoms with Crippen LogP contribution < -0.4 is 10.1 Å². The first kappa shape index (κ1) is 14.8. The predicted molar refractivity (Wildman–Crippen MR) is 79.9 cm³/mol. The van der Waals surface area contributed by atoms with Crippen molar-refractivity contribution in [1.82, 2.24) is 5.32 Å². The Hall–Kier alpha value is -1.58. The first-order valence-electron chi connectivity index (χ1n) is 6.50. The van der Waals surface area contributed by atoms with Gasteiger partial charge >= 0.3 is 0 Å². The van der Waals surface area contributed by atoms with E-state index in [0.29, 0.717) is 29.1 Å². The predicted octanol–water partition coefficient (Wildman–Crippen LogP) is 4.77. The molecule has 2 aromatic carbocycles. The molecule has 0 amide bonds. The molecule has 0 aromatic heterocycles. The van der Waals surface area contributed by atoms with E-state index in [2.05, 4.69) is 19.2 Å². The van der Waals surface area contributed by atoms with Crippen LogP contribution >= 0.6 is 11.6 Å². The first-order chi connectivity index (χ1) is 9.54. The van der Waals surface area contributed by atoms with Crippen molar-refractivity contribution in [3.8, 4) is 11.5 Å². The molecule has 0 radical (unpaired) electrons. The van der Waals surface area contributed by atoms with E-state index >= 15 is 0 Å². The summed E-state index contributed by atoms with van der Waals surface area (Å²) in [4.78, 5) is 0. The van der Waals surface area contributed by atoms with E-state index in [4.69, 9.17) is 16.3 Å². The van der Waals surface area contributed by atoms with Crippen molar-refractivity contribution in [1.29, 1.82) is 0 Å². The normalized spacial score (nSPS) is 10.8. The van der Waals surface area contributed by atoms with E-state index in [1.54, 1.807) is 24.3 Å². The van der Waals surface area contributed by atoms with Crippen molar-refractivity contribution in [3.63, 3.8) is 0 Å². The Bertz CT molecular complexity index is 586. The molecule has 106 valence electrons. The fourth-order valence-corrected chi connectivity index (χ4v) is 1.95. The molecule has 0 aliphatic heterocycles. The Balaban J connectivity index is 2.21. The topological polar surface area (TPSA) is 21.3 Å². The number of benzene rings is 2. The van der Waals surface area contributed by atoms with Gasteiger partial charge in [0.1, 0.15) is 17.3 Å². The van der Waals surface area contributed by atoms with Gasteiger partial charge in [-0.15, -0.1) is 0 Å². The van der Waals surface area contributed by atoms with Crippen LogP contribution in [0.4, 0.5) is 4.39 Å². The van der Waals surface area contributed by atoms with E-state index in [1.807, 2.05) is 6.07 Å². The van der Waals surface area contributed by atoms with Crippen LogP contribution in [0.25, 0.3) is 0 Å². The summed E-state index contributed by atoms with van der Waals surface area (Å²) in [6.45, 7) is 4.78. The molecule has 1 N–H and O–H groups in total. The lowest BCUT2D eigenvalue weighted by Crippen LogP contribution is -2.22. The zero-order valence-corrected chi connectivity index (χ0v) is 12.2. The maximum absolute atomic E-state index is 13.2. The van der Waals surface area contributed by atoms with Crippen LogP contribution in [0.3, 0.4) is 0 Å². The van der Waals surface area contributed by atoms with Gasteiger partial charge in [-0.2, -0.15) is 0 Å². The van der Waals surface area contributed by atoms with Gasteiger partial charge in [0.15, 0.2) is 0 Å². The van der Waals surface area contributed by atoms with Gasteiger partial charge in [0, 0.05) is 29.2 Å². The molecule has 20 heavy (non-hydrogen) atoms. The lowest BCUT2D eigenvalue weighted by molar-refractivity contribution is 0.464. The summed E-state index contributed by atoms with van der Waals surface area (Å²) in [5.41, 5.74) is 0.940. The molecule has 0 saturated heterocycles. The Labute approximate surface area is 123 Å². The number of halogens is 2. The second-order valence-electron chi connectivity index (χ2n) is 4.85. The summed E-state index contributed by atoms with van der Waals surface area (Å²) < 4.78 is 18.9. The SMILES string of the molecule is CC(C)NCc1cc(Cl)ccc1Oc1cccc(F)c1. The van der Waals surface area contributed by atoms with Crippen LogP contribution in [-0.4, -0.2) is 6.04 Å². The molecule has 2 nitrogen and oxygen atoms in total. The second kappa shape index (κ2) is 6.73. The second-order valence-corrected chi connectivity index (χ2v) is 5.28. The zero-order valence-electron chi connectivity index (χ0n) is 11.5. The van der Waals surface area contributed by atoms with Crippen molar-refractivity contribution >= 4 is 11.6 Å². The van der Waals surface area contributed by atoms with Gasteiger partial charge in [0.05, 0.1) is 0 Å². The van der Waals surface area contributed by atoms with Crippen molar-refractivity contribution < 1.29 is 9.13 Å². The fourth-order valence-electron chi connectivity index (χ4n) is 1.76. The third kappa shape index (κ3) is 4.22. The average molecular weight is 294 g/mol. The van der Waals surface area contributed by atoms with E-state index in [1.165, 1.54) is 12.1 Å². The highest BCUT2D eigenvalue weighted by atomic mass is 35.5. The zero-order chi connectivity index (χ0) is 14.5. The van der Waals surface area contributed by atoms with Crippen molar-refractivity contribution in [2.75, 3.05) is 0 Å². The minimum absolute atomic E-state index is 0.321. The quantitative estimate of drug-likeness (QED) is 0.857. The highest BCUT2D eigenvalue weighted by Gasteiger charge is 2.07. The van der Waals surface area contributed by atoms with Gasteiger partial charge in [-0.1, -0.05) is 31.5 Å². The van der Waals surface area contributed by atoms with Crippen LogP contribution in [-0.2, 0) is 6.54 Å². The van der Waals surface area contributed by atoms with E-state index < -0.39 is 0 Å². The molecular weight excluding hydrogens is 277 g/mol. The summed E-state index contributed by atoms with van der Waals surface area (Å²) in [7, 11) is 0. The lowest BCUT2D eigenvalue weighted by Gasteiger charge is -2.14. The van der Waals surface area contributed by atoms with Crippen molar-refractivity contribution in [3.05, 3.63) is 58.9 Å². The smallest absolute Gasteiger partial charge is 0.132 e. The van der Waals surface area contributed by atoms with Gasteiger partial charge in [-0.25, -0.2) is 4.39 Å². The summed E-state index contributed by atoms with van der Waals surface area (Å²) >= 11 is 6.02. The molecule has 0 heterocycles. The molecule has 0 aliphatic rings. The van der Waals surface area contributed by atoms with Crippen LogP contribution in [0.15, 0.2) is 42.5 Å². The highest BCUT2D eigenvalue weighted by molar-refractivity contribution is 6.30. The van der Waals surface area contributed by atoms with Gasteiger partial charge in [-0.05, 0) is 30.3 Å². The van der Waals surface area contributed by atoms with Crippen LogP contribution in [0.1, 0.15) is 19.4 Å². The largest absolute Gasteiger partial charge is 0.457 e. The molecule has 0 unspecified atom stereocenters. The van der Waals surface area contributed by atoms with Crippen molar-refractivity contribution in [2.24, 2.45) is 0 Å². The lowest BCUT2D eigenvalue weighted by atomic mass is 10.2. The average Bonchev–Trinajstić information content (AvgIpc) is 2.39. The molecule has 0 aliphatic carbocycles. The number of rotatable bonds is 5. The summed E-state index contributed by atoms with van der Waals surface area (Å²) in [6, 6.07) is 11.8. The van der Waals surface area contributed by atoms with E-state index in [9.17, 15) is 4.39 Å². The molecule has 4 heteroatoms. The minimum atomic E-state index is -0.321. The van der Waals surface area contributed by atoms with Gasteiger partial charge in [0.2, 0.25) is 0 Å². The third-order valence-electron chi connectivity index (χ3n) is 2.75. The van der Waals surface area contributed by atoms with E-state index in [0.717, 1.165) is 5.56 Å². The van der Waals surface area contributed by atoms with E-state index in [-0.39, 0.29) is 5.82 Å². The summed E-state index contributed by atoms with van der Waals surface area (Å²) in [5.74, 6) is 0.824. The van der Waals surface area contributed by atoms with Crippen molar-refractivity contribution in [2.45, 2.75) is 26.4 Å².